The largest absolute Gasteiger partial charge is 0.393 e. The van der Waals surface area contributed by atoms with Crippen molar-refractivity contribution < 1.29 is 9.50 Å². The SMILES string of the molecule is OC(Cc1ccc(Cl)cc1F)CC1CCSCC1. The van der Waals surface area contributed by atoms with Crippen LogP contribution in [0.1, 0.15) is 24.8 Å². The molecule has 0 amide bonds. The first kappa shape index (κ1) is 14.2. The maximum atomic E-state index is 13.6. The predicted molar refractivity (Wildman–Crippen MR) is 75.8 cm³/mol. The lowest BCUT2D eigenvalue weighted by Crippen LogP contribution is -2.20. The van der Waals surface area contributed by atoms with Crippen molar-refractivity contribution in [2.24, 2.45) is 5.92 Å². The van der Waals surface area contributed by atoms with Crippen molar-refractivity contribution in [3.8, 4) is 0 Å². The molecule has 1 heterocycles. The van der Waals surface area contributed by atoms with Gasteiger partial charge in [0.05, 0.1) is 6.10 Å². The number of benzene rings is 1. The fourth-order valence-electron chi connectivity index (χ4n) is 2.39. The van der Waals surface area contributed by atoms with Crippen LogP contribution in [0, 0.1) is 11.7 Å². The van der Waals surface area contributed by atoms with Gasteiger partial charge < -0.3 is 5.11 Å². The molecule has 1 fully saturated rings. The Morgan fingerprint density at radius 2 is 2.11 bits per heavy atom. The second-order valence-electron chi connectivity index (χ2n) is 4.89. The van der Waals surface area contributed by atoms with Gasteiger partial charge in [0.2, 0.25) is 0 Å². The van der Waals surface area contributed by atoms with Crippen LogP contribution in [-0.2, 0) is 6.42 Å². The van der Waals surface area contributed by atoms with E-state index >= 15 is 0 Å². The number of thioether (sulfide) groups is 1. The molecule has 1 atom stereocenters. The van der Waals surface area contributed by atoms with E-state index in [0.717, 1.165) is 6.42 Å². The second kappa shape index (κ2) is 6.78. The van der Waals surface area contributed by atoms with E-state index in [0.29, 0.717) is 22.9 Å². The Balaban J connectivity index is 1.87. The Bertz CT molecular complexity index is 393. The third kappa shape index (κ3) is 4.15. The molecular formula is C14H18ClFOS. The number of aliphatic hydroxyl groups is 1. The minimum Gasteiger partial charge on any atom is -0.393 e. The number of halogens is 2. The molecular weight excluding hydrogens is 271 g/mol. The normalized spacial score (nSPS) is 18.8. The summed E-state index contributed by atoms with van der Waals surface area (Å²) in [6.45, 7) is 0. The van der Waals surface area contributed by atoms with Gasteiger partial charge in [-0.2, -0.15) is 11.8 Å². The summed E-state index contributed by atoms with van der Waals surface area (Å²) < 4.78 is 13.6. The summed E-state index contributed by atoms with van der Waals surface area (Å²) in [7, 11) is 0. The zero-order valence-corrected chi connectivity index (χ0v) is 11.8. The summed E-state index contributed by atoms with van der Waals surface area (Å²) in [6, 6.07) is 4.64. The Morgan fingerprint density at radius 3 is 2.78 bits per heavy atom. The quantitative estimate of drug-likeness (QED) is 0.906. The van der Waals surface area contributed by atoms with Crippen LogP contribution in [-0.4, -0.2) is 22.7 Å². The molecule has 1 aromatic carbocycles. The number of aliphatic hydroxyl groups excluding tert-OH is 1. The third-order valence-corrected chi connectivity index (χ3v) is 4.70. The number of hydrogen-bond acceptors (Lipinski definition) is 2. The third-order valence-electron chi connectivity index (χ3n) is 3.42. The van der Waals surface area contributed by atoms with Crippen LogP contribution >= 0.6 is 23.4 Å². The van der Waals surface area contributed by atoms with Gasteiger partial charge in [-0.1, -0.05) is 17.7 Å². The van der Waals surface area contributed by atoms with Crippen LogP contribution in [0.5, 0.6) is 0 Å². The molecule has 0 bridgehead atoms. The van der Waals surface area contributed by atoms with Crippen molar-refractivity contribution in [2.45, 2.75) is 31.8 Å². The Kier molecular flexibility index (Phi) is 5.34. The van der Waals surface area contributed by atoms with Gasteiger partial charge >= 0.3 is 0 Å². The van der Waals surface area contributed by atoms with Crippen LogP contribution in [0.4, 0.5) is 4.39 Å². The minimum atomic E-state index is -0.450. The molecule has 1 saturated heterocycles. The van der Waals surface area contributed by atoms with Crippen molar-refractivity contribution >= 4 is 23.4 Å². The van der Waals surface area contributed by atoms with Crippen LogP contribution < -0.4 is 0 Å². The summed E-state index contributed by atoms with van der Waals surface area (Å²) in [5.41, 5.74) is 0.553. The Morgan fingerprint density at radius 1 is 1.39 bits per heavy atom. The van der Waals surface area contributed by atoms with Gasteiger partial charge in [0.25, 0.3) is 0 Å². The molecule has 1 aliphatic heterocycles. The molecule has 1 unspecified atom stereocenters. The fourth-order valence-corrected chi connectivity index (χ4v) is 3.75. The summed E-state index contributed by atoms with van der Waals surface area (Å²) in [4.78, 5) is 0. The molecule has 18 heavy (non-hydrogen) atoms. The molecule has 0 radical (unpaired) electrons. The van der Waals surface area contributed by atoms with Gasteiger partial charge in [0, 0.05) is 11.4 Å². The monoisotopic (exact) mass is 288 g/mol. The van der Waals surface area contributed by atoms with E-state index in [4.69, 9.17) is 11.6 Å². The molecule has 4 heteroatoms. The first-order valence-electron chi connectivity index (χ1n) is 6.35. The van der Waals surface area contributed by atoms with Crippen molar-refractivity contribution in [2.75, 3.05) is 11.5 Å². The highest BCUT2D eigenvalue weighted by Gasteiger charge is 2.18. The van der Waals surface area contributed by atoms with Crippen molar-refractivity contribution in [1.29, 1.82) is 0 Å². The first-order valence-corrected chi connectivity index (χ1v) is 7.88. The van der Waals surface area contributed by atoms with Crippen molar-refractivity contribution in [3.05, 3.63) is 34.6 Å². The lowest BCUT2D eigenvalue weighted by Gasteiger charge is -2.23. The van der Waals surface area contributed by atoms with E-state index in [9.17, 15) is 9.50 Å². The molecule has 0 aliphatic carbocycles. The zero-order chi connectivity index (χ0) is 13.0. The molecule has 0 spiro atoms. The fraction of sp³-hybridized carbons (Fsp3) is 0.571. The number of hydrogen-bond donors (Lipinski definition) is 1. The molecule has 0 aromatic heterocycles. The molecule has 100 valence electrons. The summed E-state index contributed by atoms with van der Waals surface area (Å²) in [5, 5.41) is 10.4. The summed E-state index contributed by atoms with van der Waals surface area (Å²) >= 11 is 7.68. The van der Waals surface area contributed by atoms with Crippen LogP contribution in [0.3, 0.4) is 0 Å². The highest BCUT2D eigenvalue weighted by molar-refractivity contribution is 7.99. The maximum absolute atomic E-state index is 13.6. The smallest absolute Gasteiger partial charge is 0.127 e. The minimum absolute atomic E-state index is 0.319. The topological polar surface area (TPSA) is 20.2 Å². The highest BCUT2D eigenvalue weighted by atomic mass is 35.5. The predicted octanol–water partition coefficient (Wildman–Crippen LogP) is 3.92. The van der Waals surface area contributed by atoms with E-state index in [-0.39, 0.29) is 5.82 Å². The van der Waals surface area contributed by atoms with Crippen LogP contribution in [0.25, 0.3) is 0 Å². The van der Waals surface area contributed by atoms with Gasteiger partial charge in [0.15, 0.2) is 0 Å². The van der Waals surface area contributed by atoms with Crippen molar-refractivity contribution in [1.82, 2.24) is 0 Å². The molecule has 1 aliphatic rings. The van der Waals surface area contributed by atoms with E-state index in [2.05, 4.69) is 0 Å². The average Bonchev–Trinajstić information content (AvgIpc) is 2.34. The van der Waals surface area contributed by atoms with E-state index < -0.39 is 6.10 Å². The highest BCUT2D eigenvalue weighted by Crippen LogP contribution is 2.27. The molecule has 2 rings (SSSR count). The molecule has 1 aromatic rings. The first-order chi connectivity index (χ1) is 8.65. The second-order valence-corrected chi connectivity index (χ2v) is 6.55. The molecule has 1 nitrogen and oxygen atoms in total. The maximum Gasteiger partial charge on any atom is 0.127 e. The van der Waals surface area contributed by atoms with Crippen LogP contribution in [0.2, 0.25) is 5.02 Å². The zero-order valence-electron chi connectivity index (χ0n) is 10.2. The lowest BCUT2D eigenvalue weighted by molar-refractivity contribution is 0.138. The van der Waals surface area contributed by atoms with Crippen LogP contribution in [0.15, 0.2) is 18.2 Å². The molecule has 0 saturated carbocycles. The number of rotatable bonds is 4. The Labute approximate surface area is 117 Å². The molecule has 1 N–H and O–H groups in total. The van der Waals surface area contributed by atoms with E-state index in [1.54, 1.807) is 12.1 Å². The Hall–Kier alpha value is -0.250. The van der Waals surface area contributed by atoms with E-state index in [1.165, 1.54) is 30.4 Å². The van der Waals surface area contributed by atoms with Crippen molar-refractivity contribution in [3.63, 3.8) is 0 Å². The standard InChI is InChI=1S/C14H18ClFOS/c15-12-2-1-11(14(16)9-12)8-13(17)7-10-3-5-18-6-4-10/h1-2,9-10,13,17H,3-8H2. The summed E-state index contributed by atoms with van der Waals surface area (Å²) in [6.07, 6.45) is 3.05. The van der Waals surface area contributed by atoms with Gasteiger partial charge in [-0.3, -0.25) is 0 Å². The van der Waals surface area contributed by atoms with Gasteiger partial charge in [-0.25, -0.2) is 4.39 Å². The van der Waals surface area contributed by atoms with Gasteiger partial charge in [-0.15, -0.1) is 0 Å². The van der Waals surface area contributed by atoms with Gasteiger partial charge in [0.1, 0.15) is 5.82 Å². The average molecular weight is 289 g/mol. The lowest BCUT2D eigenvalue weighted by atomic mass is 9.92. The summed E-state index contributed by atoms with van der Waals surface area (Å²) in [5.74, 6) is 2.65. The van der Waals surface area contributed by atoms with E-state index in [1.807, 2.05) is 11.8 Å². The van der Waals surface area contributed by atoms with Gasteiger partial charge in [-0.05, 0) is 54.4 Å².